The monoisotopic (exact) mass is 273 g/mol. The van der Waals surface area contributed by atoms with Crippen molar-refractivity contribution in [1.29, 1.82) is 0 Å². The maximum absolute atomic E-state index is 5.67. The summed E-state index contributed by atoms with van der Waals surface area (Å²) >= 11 is 5.00. The number of anilines is 1. The standard InChI is InChI=1S/C14H15N3OS/c1-18-12-7-3-2-5-10(12)9-17-14-11(13(15)19)6-4-8-16-14/h2-8H,9H2,1H3,(H2,15,19)(H,16,17). The molecule has 0 aliphatic rings. The Kier molecular flexibility index (Phi) is 4.30. The molecule has 0 fully saturated rings. The molecular weight excluding hydrogens is 258 g/mol. The van der Waals surface area contributed by atoms with Gasteiger partial charge in [0.1, 0.15) is 16.6 Å². The molecule has 3 N–H and O–H groups in total. The minimum absolute atomic E-state index is 0.329. The van der Waals surface area contributed by atoms with E-state index in [2.05, 4.69) is 10.3 Å². The van der Waals surface area contributed by atoms with Gasteiger partial charge in [0.2, 0.25) is 0 Å². The quantitative estimate of drug-likeness (QED) is 0.819. The van der Waals surface area contributed by atoms with Crippen molar-refractivity contribution in [2.24, 2.45) is 5.73 Å². The van der Waals surface area contributed by atoms with E-state index in [0.29, 0.717) is 17.4 Å². The molecule has 0 bridgehead atoms. The van der Waals surface area contributed by atoms with E-state index < -0.39 is 0 Å². The molecule has 1 aromatic carbocycles. The largest absolute Gasteiger partial charge is 0.496 e. The number of nitrogens with zero attached hydrogens (tertiary/aromatic N) is 1. The Labute approximate surface area is 117 Å². The van der Waals surface area contributed by atoms with Crippen LogP contribution >= 0.6 is 12.2 Å². The fourth-order valence-electron chi connectivity index (χ4n) is 1.77. The maximum atomic E-state index is 5.67. The highest BCUT2D eigenvalue weighted by atomic mass is 32.1. The number of rotatable bonds is 5. The van der Waals surface area contributed by atoms with Gasteiger partial charge < -0.3 is 15.8 Å². The molecule has 0 saturated carbocycles. The van der Waals surface area contributed by atoms with Crippen LogP contribution in [-0.2, 0) is 6.54 Å². The van der Waals surface area contributed by atoms with Crippen molar-refractivity contribution >= 4 is 23.0 Å². The van der Waals surface area contributed by atoms with E-state index in [4.69, 9.17) is 22.7 Å². The van der Waals surface area contributed by atoms with E-state index in [9.17, 15) is 0 Å². The zero-order valence-electron chi connectivity index (χ0n) is 10.6. The van der Waals surface area contributed by atoms with Gasteiger partial charge in [-0.2, -0.15) is 0 Å². The predicted octanol–water partition coefficient (Wildman–Crippen LogP) is 2.34. The van der Waals surface area contributed by atoms with E-state index in [1.165, 1.54) is 0 Å². The number of pyridine rings is 1. The first-order chi connectivity index (χ1) is 9.22. The molecule has 0 amide bonds. The lowest BCUT2D eigenvalue weighted by Gasteiger charge is -2.12. The van der Waals surface area contributed by atoms with Gasteiger partial charge in [-0.25, -0.2) is 4.98 Å². The average Bonchev–Trinajstić information content (AvgIpc) is 2.45. The third-order valence-electron chi connectivity index (χ3n) is 2.71. The van der Waals surface area contributed by atoms with Crippen molar-refractivity contribution in [1.82, 2.24) is 4.98 Å². The number of hydrogen-bond acceptors (Lipinski definition) is 4. The number of ether oxygens (including phenoxy) is 1. The van der Waals surface area contributed by atoms with Gasteiger partial charge in [-0.1, -0.05) is 30.4 Å². The Morgan fingerprint density at radius 1 is 1.32 bits per heavy atom. The molecule has 0 spiro atoms. The lowest BCUT2D eigenvalue weighted by molar-refractivity contribution is 0.410. The number of methoxy groups -OCH3 is 1. The van der Waals surface area contributed by atoms with Gasteiger partial charge in [0.15, 0.2) is 0 Å². The van der Waals surface area contributed by atoms with Crippen LogP contribution in [0.1, 0.15) is 11.1 Å². The lowest BCUT2D eigenvalue weighted by atomic mass is 10.2. The van der Waals surface area contributed by atoms with Crippen molar-refractivity contribution in [3.63, 3.8) is 0 Å². The zero-order chi connectivity index (χ0) is 13.7. The van der Waals surface area contributed by atoms with Crippen LogP contribution in [-0.4, -0.2) is 17.1 Å². The summed E-state index contributed by atoms with van der Waals surface area (Å²) in [4.78, 5) is 4.58. The van der Waals surface area contributed by atoms with Gasteiger partial charge >= 0.3 is 0 Å². The second kappa shape index (κ2) is 6.15. The minimum atomic E-state index is 0.329. The minimum Gasteiger partial charge on any atom is -0.496 e. The number of thiocarbonyl (C=S) groups is 1. The van der Waals surface area contributed by atoms with E-state index in [-0.39, 0.29) is 0 Å². The van der Waals surface area contributed by atoms with E-state index in [1.54, 1.807) is 13.3 Å². The highest BCUT2D eigenvalue weighted by Gasteiger charge is 2.07. The Balaban J connectivity index is 2.17. The van der Waals surface area contributed by atoms with Crippen molar-refractivity contribution in [3.05, 3.63) is 53.7 Å². The molecule has 1 heterocycles. The summed E-state index contributed by atoms with van der Waals surface area (Å²) in [6.45, 7) is 0.594. The summed E-state index contributed by atoms with van der Waals surface area (Å²) in [6.07, 6.45) is 1.70. The van der Waals surface area contributed by atoms with Gasteiger partial charge in [0, 0.05) is 18.3 Å². The first-order valence-corrected chi connectivity index (χ1v) is 6.24. The van der Waals surface area contributed by atoms with Crippen molar-refractivity contribution in [2.75, 3.05) is 12.4 Å². The molecule has 4 nitrogen and oxygen atoms in total. The number of para-hydroxylation sites is 1. The lowest BCUT2D eigenvalue weighted by Crippen LogP contribution is -2.14. The summed E-state index contributed by atoms with van der Waals surface area (Å²) in [5, 5.41) is 3.23. The molecule has 0 radical (unpaired) electrons. The molecule has 2 rings (SSSR count). The van der Waals surface area contributed by atoms with E-state index in [0.717, 1.165) is 16.9 Å². The molecule has 0 atom stereocenters. The molecule has 98 valence electrons. The molecule has 19 heavy (non-hydrogen) atoms. The molecular formula is C14H15N3OS. The van der Waals surface area contributed by atoms with Gasteiger partial charge in [-0.05, 0) is 18.2 Å². The van der Waals surface area contributed by atoms with Crippen molar-refractivity contribution < 1.29 is 4.74 Å². The van der Waals surface area contributed by atoms with Crippen LogP contribution in [0, 0.1) is 0 Å². The smallest absolute Gasteiger partial charge is 0.136 e. The topological polar surface area (TPSA) is 60.2 Å². The van der Waals surface area contributed by atoms with E-state index in [1.807, 2.05) is 36.4 Å². The molecule has 5 heteroatoms. The van der Waals surface area contributed by atoms with Crippen LogP contribution in [0.3, 0.4) is 0 Å². The number of hydrogen-bond donors (Lipinski definition) is 2. The summed E-state index contributed by atoms with van der Waals surface area (Å²) < 4.78 is 5.30. The second-order valence-electron chi connectivity index (χ2n) is 3.93. The molecule has 2 aromatic rings. The van der Waals surface area contributed by atoms with Crippen LogP contribution in [0.2, 0.25) is 0 Å². The molecule has 1 aromatic heterocycles. The van der Waals surface area contributed by atoms with Crippen LogP contribution in [0.25, 0.3) is 0 Å². The van der Waals surface area contributed by atoms with E-state index >= 15 is 0 Å². The summed E-state index contributed by atoms with van der Waals surface area (Å²) in [5.74, 6) is 1.52. The number of nitrogens with one attached hydrogen (secondary N) is 1. The van der Waals surface area contributed by atoms with Gasteiger partial charge in [0.25, 0.3) is 0 Å². The molecule has 0 unspecified atom stereocenters. The van der Waals surface area contributed by atoms with Gasteiger partial charge in [-0.3, -0.25) is 0 Å². The maximum Gasteiger partial charge on any atom is 0.136 e. The van der Waals surface area contributed by atoms with Crippen LogP contribution in [0.15, 0.2) is 42.6 Å². The fourth-order valence-corrected chi connectivity index (χ4v) is 1.94. The van der Waals surface area contributed by atoms with Gasteiger partial charge in [-0.15, -0.1) is 0 Å². The Bertz CT molecular complexity index is 586. The third-order valence-corrected chi connectivity index (χ3v) is 2.93. The Morgan fingerprint density at radius 2 is 2.11 bits per heavy atom. The summed E-state index contributed by atoms with van der Waals surface area (Å²) in [6, 6.07) is 11.5. The molecule has 0 aliphatic heterocycles. The predicted molar refractivity (Wildman–Crippen MR) is 80.4 cm³/mol. The van der Waals surface area contributed by atoms with Crippen LogP contribution < -0.4 is 15.8 Å². The molecule has 0 aliphatic carbocycles. The summed E-state index contributed by atoms with van der Waals surface area (Å²) in [5.41, 5.74) is 7.46. The Hall–Kier alpha value is -2.14. The highest BCUT2D eigenvalue weighted by molar-refractivity contribution is 7.80. The number of aromatic nitrogens is 1. The van der Waals surface area contributed by atoms with Crippen molar-refractivity contribution in [3.8, 4) is 5.75 Å². The van der Waals surface area contributed by atoms with Gasteiger partial charge in [0.05, 0.1) is 12.7 Å². The van der Waals surface area contributed by atoms with Crippen LogP contribution in [0.4, 0.5) is 5.82 Å². The third kappa shape index (κ3) is 3.20. The highest BCUT2D eigenvalue weighted by Crippen LogP contribution is 2.19. The average molecular weight is 273 g/mol. The van der Waals surface area contributed by atoms with Crippen molar-refractivity contribution in [2.45, 2.75) is 6.54 Å². The molecule has 0 saturated heterocycles. The fraction of sp³-hybridized carbons (Fsp3) is 0.143. The second-order valence-corrected chi connectivity index (χ2v) is 4.37. The number of benzene rings is 1. The SMILES string of the molecule is COc1ccccc1CNc1ncccc1C(N)=S. The van der Waals surface area contributed by atoms with Crippen LogP contribution in [0.5, 0.6) is 5.75 Å². The first-order valence-electron chi connectivity index (χ1n) is 5.83. The zero-order valence-corrected chi connectivity index (χ0v) is 11.4. The first kappa shape index (κ1) is 13.3. The normalized spacial score (nSPS) is 9.95. The Morgan fingerprint density at radius 3 is 2.84 bits per heavy atom. The summed E-state index contributed by atoms with van der Waals surface area (Å²) in [7, 11) is 1.65. The number of nitrogens with two attached hydrogens (primary N) is 1.